The molecule has 0 aliphatic heterocycles. The molecule has 1 unspecified atom stereocenters. The first-order valence-electron chi connectivity index (χ1n) is 9.19. The van der Waals surface area contributed by atoms with Gasteiger partial charge < -0.3 is 15.5 Å². The minimum absolute atomic E-state index is 0. The largest absolute Gasteiger partial charge is 0.357 e. The number of rotatable bonds is 8. The fraction of sp³-hybridized carbons (Fsp3) is 0.500. The molecule has 2 rings (SSSR count). The van der Waals surface area contributed by atoms with E-state index in [2.05, 4.69) is 91.1 Å². The lowest BCUT2D eigenvalue weighted by atomic mass is 10.1. The number of nitrogens with one attached hydrogen (secondary N) is 2. The molecule has 1 heterocycles. The molecule has 0 saturated carbocycles. The minimum Gasteiger partial charge on any atom is -0.357 e. The van der Waals surface area contributed by atoms with Gasteiger partial charge in [-0.15, -0.1) is 35.3 Å². The number of guanidine groups is 1. The molecule has 1 aromatic heterocycles. The molecule has 27 heavy (non-hydrogen) atoms. The monoisotopic (exact) mass is 501 g/mol. The highest BCUT2D eigenvalue weighted by Crippen LogP contribution is 2.18. The number of thiazole rings is 1. The van der Waals surface area contributed by atoms with Crippen molar-refractivity contribution in [3.8, 4) is 0 Å². The van der Waals surface area contributed by atoms with Crippen LogP contribution in [0.25, 0.3) is 0 Å². The Kier molecular flexibility index (Phi) is 10.9. The molecule has 7 heteroatoms. The maximum absolute atomic E-state index is 4.71. The summed E-state index contributed by atoms with van der Waals surface area (Å²) in [7, 11) is 4.21. The molecule has 0 fully saturated rings. The fourth-order valence-electron chi connectivity index (χ4n) is 2.62. The molecule has 2 aromatic rings. The molecule has 0 aliphatic carbocycles. The maximum Gasteiger partial charge on any atom is 0.191 e. The molecule has 1 aromatic carbocycles. The Morgan fingerprint density at radius 1 is 1.19 bits per heavy atom. The topological polar surface area (TPSA) is 52.6 Å². The number of hydrogen-bond donors (Lipinski definition) is 2. The second-order valence-corrected chi connectivity index (χ2v) is 7.73. The number of halogens is 1. The van der Waals surface area contributed by atoms with Gasteiger partial charge in [0.15, 0.2) is 5.96 Å². The zero-order valence-electron chi connectivity index (χ0n) is 16.9. The average molecular weight is 501 g/mol. The molecule has 0 aliphatic rings. The van der Waals surface area contributed by atoms with Crippen LogP contribution in [0.1, 0.15) is 49.0 Å². The van der Waals surface area contributed by atoms with E-state index in [1.54, 1.807) is 11.3 Å². The van der Waals surface area contributed by atoms with Gasteiger partial charge in [0.1, 0.15) is 5.01 Å². The summed E-state index contributed by atoms with van der Waals surface area (Å²) >= 11 is 1.68. The van der Waals surface area contributed by atoms with Crippen molar-refractivity contribution >= 4 is 41.3 Å². The molecule has 2 N–H and O–H groups in total. The molecular formula is C20H32IN5S. The van der Waals surface area contributed by atoms with Crippen LogP contribution >= 0.6 is 35.3 Å². The van der Waals surface area contributed by atoms with Crippen molar-refractivity contribution in [3.63, 3.8) is 0 Å². The Hall–Kier alpha value is -1.19. The van der Waals surface area contributed by atoms with Crippen molar-refractivity contribution < 1.29 is 0 Å². The van der Waals surface area contributed by atoms with Crippen molar-refractivity contribution in [2.45, 2.75) is 39.3 Å². The predicted octanol–water partition coefficient (Wildman–Crippen LogP) is 4.24. The Labute approximate surface area is 184 Å². The summed E-state index contributed by atoms with van der Waals surface area (Å²) in [6, 6.07) is 10.8. The van der Waals surface area contributed by atoms with E-state index in [-0.39, 0.29) is 30.0 Å². The summed E-state index contributed by atoms with van der Waals surface area (Å²) in [4.78, 5) is 11.6. The normalized spacial score (nSPS) is 12.8. The highest BCUT2D eigenvalue weighted by atomic mass is 127. The van der Waals surface area contributed by atoms with Gasteiger partial charge >= 0.3 is 0 Å². The van der Waals surface area contributed by atoms with Crippen LogP contribution in [0.3, 0.4) is 0 Å². The average Bonchev–Trinajstić information content (AvgIpc) is 3.10. The summed E-state index contributed by atoms with van der Waals surface area (Å²) in [6.45, 7) is 8.64. The van der Waals surface area contributed by atoms with Gasteiger partial charge in [-0.1, -0.05) is 44.2 Å². The van der Waals surface area contributed by atoms with E-state index in [1.807, 2.05) is 0 Å². The first-order chi connectivity index (χ1) is 12.5. The molecular weight excluding hydrogens is 469 g/mol. The van der Waals surface area contributed by atoms with Crippen molar-refractivity contribution in [3.05, 3.63) is 52.0 Å². The summed E-state index contributed by atoms with van der Waals surface area (Å²) in [5.41, 5.74) is 2.44. The van der Waals surface area contributed by atoms with Gasteiger partial charge in [0, 0.05) is 18.5 Å². The minimum atomic E-state index is 0. The van der Waals surface area contributed by atoms with Gasteiger partial charge in [0.05, 0.1) is 18.3 Å². The van der Waals surface area contributed by atoms with Crippen LogP contribution in [0, 0.1) is 0 Å². The molecule has 150 valence electrons. The van der Waals surface area contributed by atoms with Crippen LogP contribution in [0.15, 0.2) is 40.7 Å². The van der Waals surface area contributed by atoms with Crippen molar-refractivity contribution in [2.24, 2.45) is 4.99 Å². The van der Waals surface area contributed by atoms with Crippen LogP contribution in [-0.4, -0.2) is 43.0 Å². The Morgan fingerprint density at radius 2 is 1.89 bits per heavy atom. The van der Waals surface area contributed by atoms with Gasteiger partial charge in [-0.25, -0.2) is 9.98 Å². The third kappa shape index (κ3) is 7.75. The number of nitrogens with zero attached hydrogens (tertiary/aromatic N) is 3. The number of benzene rings is 1. The van der Waals surface area contributed by atoms with Crippen LogP contribution in [-0.2, 0) is 6.54 Å². The van der Waals surface area contributed by atoms with E-state index < -0.39 is 0 Å². The Morgan fingerprint density at radius 3 is 2.44 bits per heavy atom. The lowest BCUT2D eigenvalue weighted by Gasteiger charge is -2.26. The first kappa shape index (κ1) is 23.8. The summed E-state index contributed by atoms with van der Waals surface area (Å²) < 4.78 is 0. The van der Waals surface area contributed by atoms with Crippen LogP contribution in [0.4, 0.5) is 0 Å². The maximum atomic E-state index is 4.71. The highest BCUT2D eigenvalue weighted by molar-refractivity contribution is 14.0. The Bertz CT molecular complexity index is 685. The standard InChI is InChI=1S/C20H31N5S.HI/c1-6-21-20(23-13-19-24-17(14-26-19)15(2)3)22-12-18(25(4)5)16-10-8-7-9-11-16;/h7-11,14-15,18H,6,12-13H2,1-5H3,(H2,21,22,23);1H. The zero-order valence-corrected chi connectivity index (χ0v) is 20.0. The first-order valence-corrected chi connectivity index (χ1v) is 10.1. The Balaban J connectivity index is 0.00000364. The molecule has 0 radical (unpaired) electrons. The van der Waals surface area contributed by atoms with Gasteiger partial charge in [-0.05, 0) is 32.5 Å². The number of hydrogen-bond acceptors (Lipinski definition) is 4. The smallest absolute Gasteiger partial charge is 0.191 e. The van der Waals surface area contributed by atoms with Gasteiger partial charge in [-0.3, -0.25) is 0 Å². The molecule has 5 nitrogen and oxygen atoms in total. The van der Waals surface area contributed by atoms with Crippen molar-refractivity contribution in [2.75, 3.05) is 27.2 Å². The predicted molar refractivity (Wildman–Crippen MR) is 127 cm³/mol. The van der Waals surface area contributed by atoms with Gasteiger partial charge in [0.2, 0.25) is 0 Å². The third-order valence-electron chi connectivity index (χ3n) is 4.15. The third-order valence-corrected chi connectivity index (χ3v) is 5.00. The number of aliphatic imine (C=N–C) groups is 1. The summed E-state index contributed by atoms with van der Waals surface area (Å²) in [5, 5.41) is 9.99. The molecule has 1 atom stereocenters. The second-order valence-electron chi connectivity index (χ2n) is 6.79. The van der Waals surface area contributed by atoms with Crippen molar-refractivity contribution in [1.82, 2.24) is 20.5 Å². The zero-order chi connectivity index (χ0) is 18.9. The van der Waals surface area contributed by atoms with E-state index in [1.165, 1.54) is 5.56 Å². The molecule has 0 spiro atoms. The van der Waals surface area contributed by atoms with E-state index in [0.29, 0.717) is 12.5 Å². The molecule has 0 bridgehead atoms. The lowest BCUT2D eigenvalue weighted by Crippen LogP contribution is -2.41. The molecule has 0 saturated heterocycles. The highest BCUT2D eigenvalue weighted by Gasteiger charge is 2.14. The van der Waals surface area contributed by atoms with Crippen LogP contribution in [0.2, 0.25) is 0 Å². The van der Waals surface area contributed by atoms with Gasteiger partial charge in [-0.2, -0.15) is 0 Å². The number of aromatic nitrogens is 1. The van der Waals surface area contributed by atoms with Crippen molar-refractivity contribution in [1.29, 1.82) is 0 Å². The lowest BCUT2D eigenvalue weighted by molar-refractivity contribution is 0.298. The van der Waals surface area contributed by atoms with Gasteiger partial charge in [0.25, 0.3) is 0 Å². The van der Waals surface area contributed by atoms with Crippen LogP contribution < -0.4 is 10.6 Å². The molecule has 0 amide bonds. The summed E-state index contributed by atoms with van der Waals surface area (Å²) in [5.74, 6) is 1.29. The SMILES string of the molecule is CCNC(=NCc1nc(C(C)C)cs1)NCC(c1ccccc1)N(C)C.I. The quantitative estimate of drug-likeness (QED) is 0.323. The van der Waals surface area contributed by atoms with E-state index >= 15 is 0 Å². The van der Waals surface area contributed by atoms with E-state index in [9.17, 15) is 0 Å². The second kappa shape index (κ2) is 12.3. The van der Waals surface area contributed by atoms with E-state index in [4.69, 9.17) is 4.99 Å². The summed E-state index contributed by atoms with van der Waals surface area (Å²) in [6.07, 6.45) is 0. The van der Waals surface area contributed by atoms with Crippen LogP contribution in [0.5, 0.6) is 0 Å². The fourth-order valence-corrected chi connectivity index (χ4v) is 3.50. The number of likely N-dealkylation sites (N-methyl/N-ethyl adjacent to an activating group) is 1. The van der Waals surface area contributed by atoms with E-state index in [0.717, 1.165) is 29.8 Å².